The molecule has 0 fully saturated rings. The van der Waals surface area contributed by atoms with E-state index in [1.807, 2.05) is 0 Å². The summed E-state index contributed by atoms with van der Waals surface area (Å²) < 4.78 is 13.3. The van der Waals surface area contributed by atoms with Gasteiger partial charge in [0.25, 0.3) is 5.69 Å². The lowest BCUT2D eigenvalue weighted by molar-refractivity contribution is -0.385. The number of benzene rings is 2. The number of non-ortho nitro benzene ring substituents is 1. The van der Waals surface area contributed by atoms with Crippen LogP contribution < -0.4 is 0 Å². The smallest absolute Gasteiger partial charge is 0.258 e. The molecule has 0 aromatic heterocycles. The maximum Gasteiger partial charge on any atom is 0.273 e. The number of halogens is 3. The van der Waals surface area contributed by atoms with Gasteiger partial charge in [-0.1, -0.05) is 35.0 Å². The molecule has 0 saturated carbocycles. The van der Waals surface area contributed by atoms with Crippen LogP contribution in [0, 0.1) is 15.9 Å². The first kappa shape index (κ1) is 14.1. The van der Waals surface area contributed by atoms with E-state index in [2.05, 4.69) is 0 Å². The van der Waals surface area contributed by atoms with Gasteiger partial charge in [0.15, 0.2) is 0 Å². The zero-order valence-electron chi connectivity index (χ0n) is 9.27. The van der Waals surface area contributed by atoms with E-state index in [1.165, 1.54) is 12.1 Å². The fraction of sp³-hybridized carbons (Fsp3) is 0. The molecular weight excluding hydrogens is 312 g/mol. The van der Waals surface area contributed by atoms with Crippen molar-refractivity contribution in [3.8, 4) is 0 Å². The maximum atomic E-state index is 13.3. The highest BCUT2D eigenvalue weighted by Gasteiger charge is 2.12. The van der Waals surface area contributed by atoms with E-state index in [1.54, 1.807) is 18.2 Å². The summed E-state index contributed by atoms with van der Waals surface area (Å²) >= 11 is 12.9. The number of nitrogens with zero attached hydrogens (tertiary/aromatic N) is 1. The lowest BCUT2D eigenvalue weighted by Gasteiger charge is -2.05. The van der Waals surface area contributed by atoms with Gasteiger partial charge < -0.3 is 0 Å². The number of hydrogen-bond acceptors (Lipinski definition) is 3. The molecular formula is C12H6Cl2FNO2S. The van der Waals surface area contributed by atoms with Crippen LogP contribution in [0.3, 0.4) is 0 Å². The van der Waals surface area contributed by atoms with Crippen molar-refractivity contribution in [2.24, 2.45) is 0 Å². The Labute approximate surface area is 122 Å². The highest BCUT2D eigenvalue weighted by Crippen LogP contribution is 2.36. The molecule has 0 spiro atoms. The van der Waals surface area contributed by atoms with Gasteiger partial charge in [0.2, 0.25) is 0 Å². The maximum absolute atomic E-state index is 13.3. The third-order valence-corrected chi connectivity index (χ3v) is 3.89. The summed E-state index contributed by atoms with van der Waals surface area (Å²) in [5.41, 5.74) is -0.305. The third kappa shape index (κ3) is 3.59. The van der Waals surface area contributed by atoms with Crippen LogP contribution >= 0.6 is 35.0 Å². The molecule has 2 rings (SSSR count). The van der Waals surface area contributed by atoms with Gasteiger partial charge in [0, 0.05) is 20.9 Å². The van der Waals surface area contributed by atoms with E-state index in [0.29, 0.717) is 19.8 Å². The van der Waals surface area contributed by atoms with E-state index in [0.717, 1.165) is 17.8 Å². The van der Waals surface area contributed by atoms with Crippen molar-refractivity contribution in [1.29, 1.82) is 0 Å². The van der Waals surface area contributed by atoms with E-state index >= 15 is 0 Å². The van der Waals surface area contributed by atoms with Gasteiger partial charge in [-0.15, -0.1) is 0 Å². The molecule has 0 atom stereocenters. The van der Waals surface area contributed by atoms with E-state index in [4.69, 9.17) is 23.2 Å². The Bertz CT molecular complexity index is 652. The first-order valence-electron chi connectivity index (χ1n) is 5.03. The number of nitro benzene ring substituents is 1. The standard InChI is InChI=1S/C12H6Cl2FNO2S/c13-7-1-2-11(14)12(3-7)19-10-5-8(15)4-9(6-10)16(17)18/h1-6H. The van der Waals surface area contributed by atoms with Crippen molar-refractivity contribution in [2.45, 2.75) is 9.79 Å². The minimum atomic E-state index is -0.671. The first-order chi connectivity index (χ1) is 8.95. The summed E-state index contributed by atoms with van der Waals surface area (Å²) in [5.74, 6) is -0.671. The predicted molar refractivity (Wildman–Crippen MR) is 73.6 cm³/mol. The largest absolute Gasteiger partial charge is 0.273 e. The second-order valence-corrected chi connectivity index (χ2v) is 5.54. The van der Waals surface area contributed by atoms with Crippen LogP contribution in [0.5, 0.6) is 0 Å². The molecule has 0 amide bonds. The van der Waals surface area contributed by atoms with Crippen molar-refractivity contribution >= 4 is 40.7 Å². The molecule has 2 aromatic rings. The molecule has 0 aliphatic carbocycles. The molecule has 0 aliphatic heterocycles. The molecule has 0 bridgehead atoms. The Morgan fingerprint density at radius 1 is 1.16 bits per heavy atom. The van der Waals surface area contributed by atoms with Gasteiger partial charge in [0.05, 0.1) is 16.0 Å². The van der Waals surface area contributed by atoms with Gasteiger partial charge in [-0.2, -0.15) is 0 Å². The van der Waals surface area contributed by atoms with E-state index < -0.39 is 10.7 Å². The summed E-state index contributed by atoms with van der Waals surface area (Å²) in [6.45, 7) is 0. The third-order valence-electron chi connectivity index (χ3n) is 2.19. The minimum absolute atomic E-state index is 0.305. The quantitative estimate of drug-likeness (QED) is 0.577. The Morgan fingerprint density at radius 3 is 2.58 bits per heavy atom. The van der Waals surface area contributed by atoms with E-state index in [9.17, 15) is 14.5 Å². The molecule has 0 N–H and O–H groups in total. The lowest BCUT2D eigenvalue weighted by atomic mass is 10.3. The van der Waals surface area contributed by atoms with Gasteiger partial charge in [-0.3, -0.25) is 10.1 Å². The molecule has 0 unspecified atom stereocenters. The zero-order valence-corrected chi connectivity index (χ0v) is 11.6. The highest BCUT2D eigenvalue weighted by atomic mass is 35.5. The second kappa shape index (κ2) is 5.77. The molecule has 7 heteroatoms. The van der Waals surface area contributed by atoms with Crippen LogP contribution in [-0.2, 0) is 0 Å². The first-order valence-corrected chi connectivity index (χ1v) is 6.61. The Kier molecular flexibility index (Phi) is 4.29. The molecule has 0 saturated heterocycles. The van der Waals surface area contributed by atoms with Crippen LogP contribution in [0.15, 0.2) is 46.2 Å². The molecule has 3 nitrogen and oxygen atoms in total. The van der Waals surface area contributed by atoms with Crippen LogP contribution in [0.4, 0.5) is 10.1 Å². The number of rotatable bonds is 3. The Balaban J connectivity index is 2.38. The molecule has 19 heavy (non-hydrogen) atoms. The van der Waals surface area contributed by atoms with Crippen LogP contribution in [-0.4, -0.2) is 4.92 Å². The van der Waals surface area contributed by atoms with Crippen LogP contribution in [0.1, 0.15) is 0 Å². The van der Waals surface area contributed by atoms with Gasteiger partial charge >= 0.3 is 0 Å². The average Bonchev–Trinajstić information content (AvgIpc) is 2.33. The Hall–Kier alpha value is -1.30. The Morgan fingerprint density at radius 2 is 1.89 bits per heavy atom. The van der Waals surface area contributed by atoms with Crippen molar-refractivity contribution < 1.29 is 9.31 Å². The minimum Gasteiger partial charge on any atom is -0.258 e. The second-order valence-electron chi connectivity index (χ2n) is 3.58. The molecule has 0 heterocycles. The summed E-state index contributed by atoms with van der Waals surface area (Å²) in [5, 5.41) is 11.6. The molecule has 0 aliphatic rings. The zero-order chi connectivity index (χ0) is 14.0. The van der Waals surface area contributed by atoms with Gasteiger partial charge in [-0.25, -0.2) is 4.39 Å². The predicted octanol–water partition coefficient (Wildman–Crippen LogP) is 5.19. The summed E-state index contributed by atoms with van der Waals surface area (Å²) in [4.78, 5) is 11.0. The van der Waals surface area contributed by atoms with Crippen molar-refractivity contribution in [2.75, 3.05) is 0 Å². The molecule has 2 aromatic carbocycles. The molecule has 98 valence electrons. The van der Waals surface area contributed by atoms with Crippen LogP contribution in [0.2, 0.25) is 10.0 Å². The number of hydrogen-bond donors (Lipinski definition) is 0. The summed E-state index contributed by atoms with van der Waals surface area (Å²) in [7, 11) is 0. The monoisotopic (exact) mass is 317 g/mol. The van der Waals surface area contributed by atoms with Crippen molar-refractivity contribution in [3.05, 3.63) is 62.4 Å². The SMILES string of the molecule is O=[N+]([O-])c1cc(F)cc(Sc2cc(Cl)ccc2Cl)c1. The number of nitro groups is 1. The average molecular weight is 318 g/mol. The normalized spacial score (nSPS) is 10.5. The highest BCUT2D eigenvalue weighted by molar-refractivity contribution is 7.99. The summed E-state index contributed by atoms with van der Waals surface area (Å²) in [6, 6.07) is 8.21. The fourth-order valence-electron chi connectivity index (χ4n) is 1.39. The van der Waals surface area contributed by atoms with Gasteiger partial charge in [0.1, 0.15) is 5.82 Å². The van der Waals surface area contributed by atoms with E-state index in [-0.39, 0.29) is 5.69 Å². The van der Waals surface area contributed by atoms with Crippen molar-refractivity contribution in [3.63, 3.8) is 0 Å². The van der Waals surface area contributed by atoms with Crippen LogP contribution in [0.25, 0.3) is 0 Å². The lowest BCUT2D eigenvalue weighted by Crippen LogP contribution is -1.89. The fourth-order valence-corrected chi connectivity index (χ4v) is 2.82. The van der Waals surface area contributed by atoms with Crippen molar-refractivity contribution in [1.82, 2.24) is 0 Å². The molecule has 0 radical (unpaired) electrons. The van der Waals surface area contributed by atoms with Gasteiger partial charge in [-0.05, 0) is 24.3 Å². The topological polar surface area (TPSA) is 43.1 Å². The summed E-state index contributed by atoms with van der Waals surface area (Å²) in [6.07, 6.45) is 0.